The summed E-state index contributed by atoms with van der Waals surface area (Å²) in [5.41, 5.74) is 0.320. The lowest BCUT2D eigenvalue weighted by Gasteiger charge is -2.44. The van der Waals surface area contributed by atoms with Crippen molar-refractivity contribution in [2.24, 2.45) is 5.41 Å². The van der Waals surface area contributed by atoms with Crippen LogP contribution in [0.15, 0.2) is 22.7 Å². The molecule has 1 saturated heterocycles. The molecule has 0 radical (unpaired) electrons. The summed E-state index contributed by atoms with van der Waals surface area (Å²) in [6.07, 6.45) is 1.65. The Morgan fingerprint density at radius 2 is 2.24 bits per heavy atom. The quantitative estimate of drug-likeness (QED) is 0.599. The van der Waals surface area contributed by atoms with Crippen LogP contribution in [0.1, 0.15) is 18.4 Å². The van der Waals surface area contributed by atoms with E-state index in [0.717, 1.165) is 5.56 Å². The van der Waals surface area contributed by atoms with Crippen LogP contribution in [0.25, 0.3) is 0 Å². The van der Waals surface area contributed by atoms with Gasteiger partial charge < -0.3 is 14.2 Å². The first-order valence-electron chi connectivity index (χ1n) is 6.82. The van der Waals surface area contributed by atoms with E-state index in [1.807, 2.05) is 0 Å². The van der Waals surface area contributed by atoms with Gasteiger partial charge in [-0.2, -0.15) is 0 Å². The SMILES string of the molecule is COC(=O)C1(Cc2ccc(F)c(Br)c2)CC(OC2CO2)C1. The normalized spacial score (nSPS) is 30.6. The molecule has 2 aliphatic rings. The molecular weight excluding hydrogens is 343 g/mol. The third kappa shape index (κ3) is 3.12. The molecule has 3 rings (SSSR count). The van der Waals surface area contributed by atoms with E-state index in [0.29, 0.717) is 30.3 Å². The number of esters is 1. The number of hydrogen-bond donors (Lipinski definition) is 0. The third-order valence-electron chi connectivity index (χ3n) is 4.03. The van der Waals surface area contributed by atoms with Crippen LogP contribution in [0, 0.1) is 11.2 Å². The number of methoxy groups -OCH3 is 1. The number of hydrogen-bond acceptors (Lipinski definition) is 4. The molecule has 0 N–H and O–H groups in total. The molecule has 1 aromatic rings. The highest BCUT2D eigenvalue weighted by molar-refractivity contribution is 9.10. The highest BCUT2D eigenvalue weighted by atomic mass is 79.9. The van der Waals surface area contributed by atoms with Gasteiger partial charge in [-0.1, -0.05) is 6.07 Å². The van der Waals surface area contributed by atoms with E-state index in [1.165, 1.54) is 13.2 Å². The van der Waals surface area contributed by atoms with Crippen molar-refractivity contribution in [1.29, 1.82) is 0 Å². The van der Waals surface area contributed by atoms with Crippen molar-refractivity contribution in [2.75, 3.05) is 13.7 Å². The van der Waals surface area contributed by atoms with E-state index in [-0.39, 0.29) is 24.2 Å². The lowest BCUT2D eigenvalue weighted by molar-refractivity contribution is -0.175. The van der Waals surface area contributed by atoms with Gasteiger partial charge in [0.05, 0.1) is 23.1 Å². The second-order valence-electron chi connectivity index (χ2n) is 5.63. The first-order valence-corrected chi connectivity index (χ1v) is 7.61. The predicted octanol–water partition coefficient (Wildman–Crippen LogP) is 2.83. The average Bonchev–Trinajstić information content (AvgIpc) is 3.23. The second-order valence-corrected chi connectivity index (χ2v) is 6.48. The minimum Gasteiger partial charge on any atom is -0.469 e. The van der Waals surface area contributed by atoms with E-state index < -0.39 is 5.41 Å². The Morgan fingerprint density at radius 1 is 1.52 bits per heavy atom. The number of ether oxygens (including phenoxy) is 3. The van der Waals surface area contributed by atoms with Crippen molar-refractivity contribution in [3.63, 3.8) is 0 Å². The first-order chi connectivity index (χ1) is 10.0. The van der Waals surface area contributed by atoms with Gasteiger partial charge in [-0.25, -0.2) is 4.39 Å². The lowest BCUT2D eigenvalue weighted by atomic mass is 9.63. The van der Waals surface area contributed by atoms with Gasteiger partial charge in [0, 0.05) is 0 Å². The molecule has 1 atom stereocenters. The second kappa shape index (κ2) is 5.66. The van der Waals surface area contributed by atoms with Crippen molar-refractivity contribution in [2.45, 2.75) is 31.7 Å². The van der Waals surface area contributed by atoms with E-state index in [1.54, 1.807) is 12.1 Å². The molecule has 114 valence electrons. The summed E-state index contributed by atoms with van der Waals surface area (Å²) in [6, 6.07) is 4.80. The zero-order valence-electron chi connectivity index (χ0n) is 11.6. The smallest absolute Gasteiger partial charge is 0.312 e. The molecule has 1 heterocycles. The minimum atomic E-state index is -0.578. The molecule has 6 heteroatoms. The standard InChI is InChI=1S/C15H16BrFO4/c1-19-14(18)15(6-10(7-15)21-13-8-20-13)5-9-2-3-12(17)11(16)4-9/h2-4,10,13H,5-8H2,1H3. The summed E-state index contributed by atoms with van der Waals surface area (Å²) >= 11 is 3.17. The highest BCUT2D eigenvalue weighted by Crippen LogP contribution is 2.47. The number of rotatable bonds is 5. The topological polar surface area (TPSA) is 48.1 Å². The van der Waals surface area contributed by atoms with Crippen LogP contribution in [-0.2, 0) is 25.4 Å². The molecule has 0 spiro atoms. The predicted molar refractivity (Wildman–Crippen MR) is 76.1 cm³/mol. The summed E-state index contributed by atoms with van der Waals surface area (Å²) < 4.78 is 29.3. The summed E-state index contributed by atoms with van der Waals surface area (Å²) in [6.45, 7) is 0.632. The van der Waals surface area contributed by atoms with E-state index >= 15 is 0 Å². The largest absolute Gasteiger partial charge is 0.469 e. The molecule has 4 nitrogen and oxygen atoms in total. The van der Waals surface area contributed by atoms with Gasteiger partial charge in [0.15, 0.2) is 6.29 Å². The Balaban J connectivity index is 1.71. The molecule has 1 aliphatic heterocycles. The van der Waals surface area contributed by atoms with Crippen LogP contribution in [0.5, 0.6) is 0 Å². The molecule has 1 saturated carbocycles. The average molecular weight is 359 g/mol. The van der Waals surface area contributed by atoms with Crippen molar-refractivity contribution >= 4 is 21.9 Å². The Morgan fingerprint density at radius 3 is 2.81 bits per heavy atom. The van der Waals surface area contributed by atoms with Gasteiger partial charge in [0.2, 0.25) is 0 Å². The zero-order valence-corrected chi connectivity index (χ0v) is 13.2. The Kier molecular flexibility index (Phi) is 4.03. The van der Waals surface area contributed by atoms with Gasteiger partial charge >= 0.3 is 5.97 Å². The first kappa shape index (κ1) is 14.9. The van der Waals surface area contributed by atoms with E-state index in [9.17, 15) is 9.18 Å². The van der Waals surface area contributed by atoms with Crippen molar-refractivity contribution < 1.29 is 23.4 Å². The van der Waals surface area contributed by atoms with Crippen LogP contribution in [0.4, 0.5) is 4.39 Å². The fourth-order valence-electron chi connectivity index (χ4n) is 2.88. The molecule has 1 unspecified atom stereocenters. The molecule has 0 amide bonds. The number of carbonyl (C=O) groups excluding carboxylic acids is 1. The van der Waals surface area contributed by atoms with Gasteiger partial charge in [-0.3, -0.25) is 4.79 Å². The molecule has 1 aliphatic carbocycles. The molecule has 21 heavy (non-hydrogen) atoms. The van der Waals surface area contributed by atoms with Crippen molar-refractivity contribution in [3.8, 4) is 0 Å². The van der Waals surface area contributed by atoms with Crippen LogP contribution in [-0.4, -0.2) is 32.1 Å². The van der Waals surface area contributed by atoms with Crippen molar-refractivity contribution in [1.82, 2.24) is 0 Å². The van der Waals surface area contributed by atoms with Crippen LogP contribution >= 0.6 is 15.9 Å². The fourth-order valence-corrected chi connectivity index (χ4v) is 3.31. The highest BCUT2D eigenvalue weighted by Gasteiger charge is 2.53. The number of benzene rings is 1. The Labute approximate surface area is 130 Å². The summed E-state index contributed by atoms with van der Waals surface area (Å²) in [7, 11) is 1.39. The van der Waals surface area contributed by atoms with Crippen LogP contribution in [0.3, 0.4) is 0 Å². The van der Waals surface area contributed by atoms with Crippen LogP contribution in [0.2, 0.25) is 0 Å². The molecular formula is C15H16BrFO4. The van der Waals surface area contributed by atoms with Crippen molar-refractivity contribution in [3.05, 3.63) is 34.1 Å². The molecule has 0 aromatic heterocycles. The Bertz CT molecular complexity index is 553. The molecule has 2 fully saturated rings. The minimum absolute atomic E-state index is 0.0282. The van der Waals surface area contributed by atoms with Gasteiger partial charge in [0.1, 0.15) is 12.4 Å². The van der Waals surface area contributed by atoms with Gasteiger partial charge in [0.25, 0.3) is 0 Å². The zero-order chi connectivity index (χ0) is 15.0. The monoisotopic (exact) mass is 358 g/mol. The maximum absolute atomic E-state index is 13.3. The number of halogens is 2. The lowest BCUT2D eigenvalue weighted by Crippen LogP contribution is -2.50. The third-order valence-corrected chi connectivity index (χ3v) is 4.64. The molecule has 1 aromatic carbocycles. The summed E-state index contributed by atoms with van der Waals surface area (Å²) in [5.74, 6) is -0.550. The maximum Gasteiger partial charge on any atom is 0.312 e. The van der Waals surface area contributed by atoms with E-state index in [4.69, 9.17) is 14.2 Å². The fraction of sp³-hybridized carbons (Fsp3) is 0.533. The Hall–Kier alpha value is -0.980. The summed E-state index contributed by atoms with van der Waals surface area (Å²) in [4.78, 5) is 12.1. The number of carbonyl (C=O) groups is 1. The van der Waals surface area contributed by atoms with Gasteiger partial charge in [-0.15, -0.1) is 0 Å². The van der Waals surface area contributed by atoms with Crippen LogP contribution < -0.4 is 0 Å². The van der Waals surface area contributed by atoms with E-state index in [2.05, 4.69) is 15.9 Å². The maximum atomic E-state index is 13.3. The number of epoxide rings is 1. The summed E-state index contributed by atoms with van der Waals surface area (Å²) in [5, 5.41) is 0. The molecule has 0 bridgehead atoms. The van der Waals surface area contributed by atoms with Gasteiger partial charge in [-0.05, 0) is 52.9 Å².